The molecule has 0 spiro atoms. The van der Waals surface area contributed by atoms with Gasteiger partial charge in [0.05, 0.1) is 6.20 Å². The number of nitrogens with zero attached hydrogens (tertiary/aromatic N) is 1. The zero-order chi connectivity index (χ0) is 10.7. The number of nitrogens with two attached hydrogens (primary N) is 1. The molecule has 3 N–H and O–H groups in total. The Hall–Kier alpha value is -1.81. The Morgan fingerprint density at radius 2 is 2.27 bits per heavy atom. The lowest BCUT2D eigenvalue weighted by molar-refractivity contribution is 0.385. The Labute approximate surface area is 87.3 Å². The predicted octanol–water partition coefficient (Wildman–Crippen LogP) is 1.55. The number of phenols is 1. The van der Waals surface area contributed by atoms with Crippen molar-refractivity contribution in [3.8, 4) is 16.9 Å². The number of hydrogen-bond acceptors (Lipinski definition) is 4. The minimum Gasteiger partial charge on any atom is -0.508 e. The Balaban J connectivity index is 2.40. The smallest absolute Gasteiger partial charge is 0.145 e. The van der Waals surface area contributed by atoms with Crippen LogP contribution in [-0.2, 0) is 6.42 Å². The maximum atomic E-state index is 9.36. The molecule has 1 aromatic carbocycles. The first-order valence-electron chi connectivity index (χ1n) is 4.74. The quantitative estimate of drug-likeness (QED) is 0.795. The fraction of sp³-hybridized carbons (Fsp3) is 0.182. The lowest BCUT2D eigenvalue weighted by Crippen LogP contribution is -2.02. The number of benzene rings is 1. The molecule has 0 aliphatic carbocycles. The average molecular weight is 204 g/mol. The predicted molar refractivity (Wildman–Crippen MR) is 56.4 cm³/mol. The molecule has 2 rings (SSSR count). The van der Waals surface area contributed by atoms with E-state index >= 15 is 0 Å². The summed E-state index contributed by atoms with van der Waals surface area (Å²) in [6.07, 6.45) is 2.28. The second-order valence-electron chi connectivity index (χ2n) is 3.25. The van der Waals surface area contributed by atoms with Gasteiger partial charge in [-0.2, -0.15) is 0 Å². The van der Waals surface area contributed by atoms with Crippen molar-refractivity contribution in [3.05, 3.63) is 36.2 Å². The van der Waals surface area contributed by atoms with Gasteiger partial charge in [-0.3, -0.25) is 0 Å². The minimum atomic E-state index is 0.229. The van der Waals surface area contributed by atoms with E-state index in [2.05, 4.69) is 5.16 Å². The highest BCUT2D eigenvalue weighted by Crippen LogP contribution is 2.26. The molecule has 0 amide bonds. The summed E-state index contributed by atoms with van der Waals surface area (Å²) in [5.41, 5.74) is 7.23. The van der Waals surface area contributed by atoms with Crippen LogP contribution in [0.5, 0.6) is 5.75 Å². The summed E-state index contributed by atoms with van der Waals surface area (Å²) in [4.78, 5) is 0. The van der Waals surface area contributed by atoms with Gasteiger partial charge in [-0.05, 0) is 24.2 Å². The van der Waals surface area contributed by atoms with Crippen LogP contribution in [0.25, 0.3) is 11.1 Å². The van der Waals surface area contributed by atoms with Gasteiger partial charge in [-0.25, -0.2) is 0 Å². The molecule has 15 heavy (non-hydrogen) atoms. The Bertz CT molecular complexity index is 451. The van der Waals surface area contributed by atoms with Crippen LogP contribution >= 0.6 is 0 Å². The summed E-state index contributed by atoms with van der Waals surface area (Å²) in [5.74, 6) is 0.982. The molecule has 4 heteroatoms. The highest BCUT2D eigenvalue weighted by atomic mass is 16.5. The summed E-state index contributed by atoms with van der Waals surface area (Å²) in [6, 6.07) is 6.97. The molecule has 2 aromatic rings. The van der Waals surface area contributed by atoms with Gasteiger partial charge in [-0.1, -0.05) is 17.3 Å². The number of aromatic hydroxyl groups is 1. The maximum absolute atomic E-state index is 9.36. The van der Waals surface area contributed by atoms with Crippen molar-refractivity contribution in [2.45, 2.75) is 6.42 Å². The zero-order valence-corrected chi connectivity index (χ0v) is 8.18. The van der Waals surface area contributed by atoms with Crippen LogP contribution in [0.15, 0.2) is 35.0 Å². The first-order chi connectivity index (χ1) is 7.31. The summed E-state index contributed by atoms with van der Waals surface area (Å²) in [7, 11) is 0. The average Bonchev–Trinajstić information content (AvgIpc) is 2.66. The second kappa shape index (κ2) is 4.14. The fourth-order valence-corrected chi connectivity index (χ4v) is 1.48. The summed E-state index contributed by atoms with van der Waals surface area (Å²) in [6.45, 7) is 0.515. The second-order valence-corrected chi connectivity index (χ2v) is 3.25. The SMILES string of the molecule is NCCc1oncc1-c1cccc(O)c1. The highest BCUT2D eigenvalue weighted by Gasteiger charge is 2.09. The van der Waals surface area contributed by atoms with E-state index in [1.807, 2.05) is 6.07 Å². The molecular weight excluding hydrogens is 192 g/mol. The van der Waals surface area contributed by atoms with Crippen LogP contribution in [0.3, 0.4) is 0 Å². The molecule has 0 atom stereocenters. The van der Waals surface area contributed by atoms with Crippen LogP contribution in [0.1, 0.15) is 5.76 Å². The molecule has 0 saturated heterocycles. The molecular formula is C11H12N2O2. The van der Waals surface area contributed by atoms with Crippen molar-refractivity contribution in [1.82, 2.24) is 5.16 Å². The largest absolute Gasteiger partial charge is 0.508 e. The van der Waals surface area contributed by atoms with Crippen molar-refractivity contribution in [2.24, 2.45) is 5.73 Å². The number of phenolic OH excluding ortho intramolecular Hbond substituents is 1. The van der Waals surface area contributed by atoms with Crippen molar-refractivity contribution in [2.75, 3.05) is 6.54 Å². The first-order valence-corrected chi connectivity index (χ1v) is 4.74. The van der Waals surface area contributed by atoms with Gasteiger partial charge >= 0.3 is 0 Å². The molecule has 1 heterocycles. The molecule has 0 aliphatic rings. The summed E-state index contributed by atoms with van der Waals surface area (Å²) >= 11 is 0. The molecule has 1 aromatic heterocycles. The summed E-state index contributed by atoms with van der Waals surface area (Å²) in [5, 5.41) is 13.1. The monoisotopic (exact) mass is 204 g/mol. The lowest BCUT2D eigenvalue weighted by Gasteiger charge is -2.00. The molecule has 0 saturated carbocycles. The van der Waals surface area contributed by atoms with E-state index in [1.54, 1.807) is 24.4 Å². The Morgan fingerprint density at radius 3 is 3.00 bits per heavy atom. The molecule has 4 nitrogen and oxygen atoms in total. The van der Waals surface area contributed by atoms with Gasteiger partial charge in [0, 0.05) is 12.0 Å². The zero-order valence-electron chi connectivity index (χ0n) is 8.18. The van der Waals surface area contributed by atoms with E-state index in [1.165, 1.54) is 0 Å². The van der Waals surface area contributed by atoms with E-state index in [-0.39, 0.29) is 5.75 Å². The van der Waals surface area contributed by atoms with Gasteiger partial charge in [0.1, 0.15) is 11.5 Å². The topological polar surface area (TPSA) is 72.3 Å². The van der Waals surface area contributed by atoms with Gasteiger partial charge in [0.25, 0.3) is 0 Å². The normalized spacial score (nSPS) is 10.5. The molecule has 0 unspecified atom stereocenters. The van der Waals surface area contributed by atoms with Crippen LogP contribution in [-0.4, -0.2) is 16.8 Å². The maximum Gasteiger partial charge on any atom is 0.145 e. The van der Waals surface area contributed by atoms with Crippen LogP contribution in [0.2, 0.25) is 0 Å². The summed E-state index contributed by atoms with van der Waals surface area (Å²) < 4.78 is 5.09. The van der Waals surface area contributed by atoms with Crippen molar-refractivity contribution in [3.63, 3.8) is 0 Å². The van der Waals surface area contributed by atoms with E-state index < -0.39 is 0 Å². The van der Waals surface area contributed by atoms with Crippen LogP contribution in [0, 0.1) is 0 Å². The van der Waals surface area contributed by atoms with E-state index in [0.717, 1.165) is 16.9 Å². The van der Waals surface area contributed by atoms with Crippen molar-refractivity contribution < 1.29 is 9.63 Å². The highest BCUT2D eigenvalue weighted by molar-refractivity contribution is 5.65. The third kappa shape index (κ3) is 1.99. The number of hydrogen-bond donors (Lipinski definition) is 2. The molecule has 0 radical (unpaired) electrons. The van der Waals surface area contributed by atoms with Gasteiger partial charge in [0.2, 0.25) is 0 Å². The van der Waals surface area contributed by atoms with Gasteiger partial charge in [0.15, 0.2) is 0 Å². The number of aromatic nitrogens is 1. The third-order valence-corrected chi connectivity index (χ3v) is 2.17. The molecule has 0 aliphatic heterocycles. The third-order valence-electron chi connectivity index (χ3n) is 2.17. The van der Waals surface area contributed by atoms with Crippen molar-refractivity contribution >= 4 is 0 Å². The Kier molecular flexibility index (Phi) is 2.69. The number of rotatable bonds is 3. The lowest BCUT2D eigenvalue weighted by atomic mass is 10.1. The molecule has 0 bridgehead atoms. The Morgan fingerprint density at radius 1 is 1.40 bits per heavy atom. The van der Waals surface area contributed by atoms with E-state index in [0.29, 0.717) is 13.0 Å². The van der Waals surface area contributed by atoms with E-state index in [9.17, 15) is 5.11 Å². The van der Waals surface area contributed by atoms with Crippen LogP contribution in [0.4, 0.5) is 0 Å². The standard InChI is InChI=1S/C11H12N2O2/c12-5-4-11-10(7-13-15-11)8-2-1-3-9(14)6-8/h1-3,6-7,14H,4-5,12H2. The van der Waals surface area contributed by atoms with E-state index in [4.69, 9.17) is 10.3 Å². The van der Waals surface area contributed by atoms with Crippen LogP contribution < -0.4 is 5.73 Å². The molecule has 0 fully saturated rings. The molecule has 78 valence electrons. The minimum absolute atomic E-state index is 0.229. The van der Waals surface area contributed by atoms with Gasteiger partial charge in [-0.15, -0.1) is 0 Å². The van der Waals surface area contributed by atoms with Crippen molar-refractivity contribution in [1.29, 1.82) is 0 Å². The fourth-order valence-electron chi connectivity index (χ4n) is 1.48. The first kappa shape index (κ1) is 9.73. The van der Waals surface area contributed by atoms with Gasteiger partial charge < -0.3 is 15.4 Å².